The SMILES string of the molecule is COc1ccccc1OCc1ccc(C(=O)N2CCC(N)C(C)(C)C2)o1. The minimum Gasteiger partial charge on any atom is -0.493 e. The molecule has 1 unspecified atom stereocenters. The second-order valence-electron chi connectivity index (χ2n) is 7.32. The van der Waals surface area contributed by atoms with Crippen molar-refractivity contribution in [1.82, 2.24) is 4.90 Å². The van der Waals surface area contributed by atoms with Gasteiger partial charge in [-0.05, 0) is 36.1 Å². The highest BCUT2D eigenvalue weighted by molar-refractivity contribution is 5.91. The third kappa shape index (κ3) is 3.85. The first-order chi connectivity index (χ1) is 12.4. The van der Waals surface area contributed by atoms with Crippen LogP contribution in [0, 0.1) is 5.41 Å². The van der Waals surface area contributed by atoms with E-state index in [0.29, 0.717) is 36.1 Å². The maximum atomic E-state index is 12.7. The van der Waals surface area contributed by atoms with Gasteiger partial charge in [-0.15, -0.1) is 0 Å². The third-order valence-electron chi connectivity index (χ3n) is 4.91. The molecular formula is C20H26N2O4. The topological polar surface area (TPSA) is 77.9 Å². The molecule has 0 saturated carbocycles. The fourth-order valence-electron chi connectivity index (χ4n) is 3.16. The molecule has 1 aliphatic heterocycles. The second kappa shape index (κ2) is 7.41. The zero-order valence-electron chi connectivity index (χ0n) is 15.5. The standard InChI is InChI=1S/C20H26N2O4/c1-20(2)13-22(11-10-18(20)21)19(23)17-9-8-14(26-17)12-25-16-7-5-4-6-15(16)24-3/h4-9,18H,10-13,21H2,1-3H3. The van der Waals surface area contributed by atoms with Gasteiger partial charge >= 0.3 is 0 Å². The molecule has 1 amide bonds. The van der Waals surface area contributed by atoms with Crippen LogP contribution in [-0.4, -0.2) is 37.0 Å². The number of carbonyl (C=O) groups excluding carboxylic acids is 1. The highest BCUT2D eigenvalue weighted by atomic mass is 16.5. The van der Waals surface area contributed by atoms with Gasteiger partial charge in [-0.3, -0.25) is 4.79 Å². The first-order valence-corrected chi connectivity index (χ1v) is 8.80. The first-order valence-electron chi connectivity index (χ1n) is 8.80. The lowest BCUT2D eigenvalue weighted by molar-refractivity contribution is 0.0500. The van der Waals surface area contributed by atoms with E-state index in [2.05, 4.69) is 13.8 Å². The van der Waals surface area contributed by atoms with Crippen LogP contribution < -0.4 is 15.2 Å². The average Bonchev–Trinajstić information content (AvgIpc) is 3.10. The molecule has 1 atom stereocenters. The molecule has 0 aliphatic carbocycles. The Bertz CT molecular complexity index is 769. The summed E-state index contributed by atoms with van der Waals surface area (Å²) in [6, 6.07) is 11.0. The quantitative estimate of drug-likeness (QED) is 0.889. The normalized spacial score (nSPS) is 19.2. The van der Waals surface area contributed by atoms with Crippen molar-refractivity contribution in [3.8, 4) is 11.5 Å². The molecule has 2 heterocycles. The fourth-order valence-corrected chi connectivity index (χ4v) is 3.16. The molecule has 2 N–H and O–H groups in total. The zero-order valence-corrected chi connectivity index (χ0v) is 15.5. The van der Waals surface area contributed by atoms with E-state index in [0.717, 1.165) is 6.42 Å². The maximum absolute atomic E-state index is 12.7. The van der Waals surface area contributed by atoms with Crippen LogP contribution in [0.5, 0.6) is 11.5 Å². The van der Waals surface area contributed by atoms with Crippen molar-refractivity contribution < 1.29 is 18.7 Å². The number of para-hydroxylation sites is 2. The number of piperidine rings is 1. The van der Waals surface area contributed by atoms with E-state index < -0.39 is 0 Å². The summed E-state index contributed by atoms with van der Waals surface area (Å²) in [4.78, 5) is 14.5. The van der Waals surface area contributed by atoms with Gasteiger partial charge in [0, 0.05) is 19.1 Å². The highest BCUT2D eigenvalue weighted by Gasteiger charge is 2.36. The van der Waals surface area contributed by atoms with Crippen LogP contribution in [0.15, 0.2) is 40.8 Å². The Labute approximate surface area is 153 Å². The monoisotopic (exact) mass is 358 g/mol. The number of nitrogens with two attached hydrogens (primary N) is 1. The summed E-state index contributed by atoms with van der Waals surface area (Å²) in [6.07, 6.45) is 0.795. The predicted octanol–water partition coefficient (Wildman–Crippen LogP) is 3.07. The van der Waals surface area contributed by atoms with E-state index in [1.165, 1.54) is 0 Å². The first kappa shape index (κ1) is 18.3. The van der Waals surface area contributed by atoms with Crippen LogP contribution in [0.2, 0.25) is 0 Å². The van der Waals surface area contributed by atoms with Crippen molar-refractivity contribution in [1.29, 1.82) is 0 Å². The van der Waals surface area contributed by atoms with Crippen molar-refractivity contribution in [3.63, 3.8) is 0 Å². The van der Waals surface area contributed by atoms with Crippen molar-refractivity contribution in [2.75, 3.05) is 20.2 Å². The molecule has 1 saturated heterocycles. The van der Waals surface area contributed by atoms with Crippen LogP contribution in [0.1, 0.15) is 36.6 Å². The van der Waals surface area contributed by atoms with E-state index >= 15 is 0 Å². The molecule has 6 nitrogen and oxygen atoms in total. The summed E-state index contributed by atoms with van der Waals surface area (Å²) in [5.41, 5.74) is 6.05. The lowest BCUT2D eigenvalue weighted by Crippen LogP contribution is -2.53. The largest absolute Gasteiger partial charge is 0.493 e. The van der Waals surface area contributed by atoms with Gasteiger partial charge < -0.3 is 24.5 Å². The van der Waals surface area contributed by atoms with E-state index in [9.17, 15) is 4.79 Å². The van der Waals surface area contributed by atoms with Crippen LogP contribution in [-0.2, 0) is 6.61 Å². The van der Waals surface area contributed by atoms with Crippen LogP contribution >= 0.6 is 0 Å². The third-order valence-corrected chi connectivity index (χ3v) is 4.91. The van der Waals surface area contributed by atoms with E-state index in [4.69, 9.17) is 19.6 Å². The number of ether oxygens (including phenoxy) is 2. The number of hydrogen-bond acceptors (Lipinski definition) is 5. The Hall–Kier alpha value is -2.47. The molecule has 1 aromatic carbocycles. The lowest BCUT2D eigenvalue weighted by atomic mass is 9.79. The Kier molecular flexibility index (Phi) is 5.23. The molecule has 26 heavy (non-hydrogen) atoms. The van der Waals surface area contributed by atoms with Gasteiger partial charge in [0.05, 0.1) is 7.11 Å². The Morgan fingerprint density at radius 3 is 2.69 bits per heavy atom. The van der Waals surface area contributed by atoms with Gasteiger partial charge in [0.1, 0.15) is 12.4 Å². The number of hydrogen-bond donors (Lipinski definition) is 1. The summed E-state index contributed by atoms with van der Waals surface area (Å²) in [5.74, 6) is 2.10. The molecule has 0 spiro atoms. The number of furan rings is 1. The van der Waals surface area contributed by atoms with Crippen LogP contribution in [0.4, 0.5) is 0 Å². The molecule has 6 heteroatoms. The Morgan fingerprint density at radius 2 is 2.00 bits per heavy atom. The minimum atomic E-state index is -0.103. The zero-order chi connectivity index (χ0) is 18.7. The molecule has 1 aromatic heterocycles. The molecular weight excluding hydrogens is 332 g/mol. The van der Waals surface area contributed by atoms with Crippen molar-refractivity contribution in [2.24, 2.45) is 11.1 Å². The van der Waals surface area contributed by atoms with Crippen molar-refractivity contribution >= 4 is 5.91 Å². The number of methoxy groups -OCH3 is 1. The molecule has 1 aliphatic rings. The fraction of sp³-hybridized carbons (Fsp3) is 0.450. The number of benzene rings is 1. The maximum Gasteiger partial charge on any atom is 0.289 e. The van der Waals surface area contributed by atoms with E-state index in [-0.39, 0.29) is 24.0 Å². The smallest absolute Gasteiger partial charge is 0.289 e. The van der Waals surface area contributed by atoms with E-state index in [1.807, 2.05) is 29.2 Å². The number of likely N-dealkylation sites (tertiary alicyclic amines) is 1. The van der Waals surface area contributed by atoms with Crippen LogP contribution in [0.3, 0.4) is 0 Å². The molecule has 3 rings (SSSR count). The Balaban J connectivity index is 1.63. The van der Waals surface area contributed by atoms with Gasteiger partial charge in [-0.2, -0.15) is 0 Å². The number of carbonyl (C=O) groups is 1. The number of nitrogens with zero attached hydrogens (tertiary/aromatic N) is 1. The lowest BCUT2D eigenvalue weighted by Gasteiger charge is -2.42. The summed E-state index contributed by atoms with van der Waals surface area (Å²) in [5, 5.41) is 0. The molecule has 0 radical (unpaired) electrons. The minimum absolute atomic E-state index is 0.101. The summed E-state index contributed by atoms with van der Waals surface area (Å²) in [6.45, 7) is 5.68. The second-order valence-corrected chi connectivity index (χ2v) is 7.32. The van der Waals surface area contributed by atoms with Gasteiger partial charge in [0.25, 0.3) is 5.91 Å². The Morgan fingerprint density at radius 1 is 1.27 bits per heavy atom. The van der Waals surface area contributed by atoms with Gasteiger partial charge in [0.15, 0.2) is 17.3 Å². The van der Waals surface area contributed by atoms with Gasteiger partial charge in [-0.25, -0.2) is 0 Å². The van der Waals surface area contributed by atoms with Crippen molar-refractivity contribution in [2.45, 2.75) is 32.9 Å². The van der Waals surface area contributed by atoms with Gasteiger partial charge in [-0.1, -0.05) is 26.0 Å². The number of amides is 1. The van der Waals surface area contributed by atoms with Crippen LogP contribution in [0.25, 0.3) is 0 Å². The molecule has 0 bridgehead atoms. The molecule has 1 fully saturated rings. The predicted molar refractivity (Wildman–Crippen MR) is 98.3 cm³/mol. The summed E-state index contributed by atoms with van der Waals surface area (Å²) >= 11 is 0. The molecule has 2 aromatic rings. The van der Waals surface area contributed by atoms with E-state index in [1.54, 1.807) is 19.2 Å². The molecule has 140 valence electrons. The summed E-state index contributed by atoms with van der Waals surface area (Å²) < 4.78 is 16.7. The van der Waals surface area contributed by atoms with Gasteiger partial charge in [0.2, 0.25) is 0 Å². The van der Waals surface area contributed by atoms with Crippen molar-refractivity contribution in [3.05, 3.63) is 47.9 Å². The summed E-state index contributed by atoms with van der Waals surface area (Å²) in [7, 11) is 1.60. The highest BCUT2D eigenvalue weighted by Crippen LogP contribution is 2.29. The average molecular weight is 358 g/mol. The number of rotatable bonds is 5.